The van der Waals surface area contributed by atoms with E-state index in [9.17, 15) is 0 Å². The summed E-state index contributed by atoms with van der Waals surface area (Å²) in [6.07, 6.45) is 0. The van der Waals surface area contributed by atoms with E-state index in [0.717, 1.165) is 41.7 Å². The van der Waals surface area contributed by atoms with Crippen molar-refractivity contribution in [2.24, 2.45) is 0 Å². The monoisotopic (exact) mass is 362 g/mol. The van der Waals surface area contributed by atoms with E-state index in [0.29, 0.717) is 19.0 Å². The molecule has 1 aromatic heterocycles. The molecule has 1 saturated heterocycles. The fraction of sp³-hybridized carbons (Fsp3) is 0.238. The van der Waals surface area contributed by atoms with Crippen molar-refractivity contribution in [3.05, 3.63) is 60.7 Å². The second-order valence-corrected chi connectivity index (χ2v) is 6.25. The zero-order valence-electron chi connectivity index (χ0n) is 15.3. The number of nitrogens with one attached hydrogen (secondary N) is 1. The molecule has 0 amide bonds. The van der Waals surface area contributed by atoms with Gasteiger partial charge in [0.1, 0.15) is 17.4 Å². The topological polar surface area (TPSA) is 59.5 Å². The molecule has 0 aliphatic carbocycles. The van der Waals surface area contributed by atoms with Crippen LogP contribution in [0.25, 0.3) is 11.4 Å². The summed E-state index contributed by atoms with van der Waals surface area (Å²) in [5.41, 5.74) is 1.94. The van der Waals surface area contributed by atoms with E-state index in [1.807, 2.05) is 60.7 Å². The number of ether oxygens (including phenoxy) is 2. The minimum Gasteiger partial charge on any atom is -0.497 e. The van der Waals surface area contributed by atoms with E-state index in [4.69, 9.17) is 19.4 Å². The number of anilines is 3. The van der Waals surface area contributed by atoms with Gasteiger partial charge in [-0.3, -0.25) is 0 Å². The molecule has 1 aliphatic rings. The Kier molecular flexibility index (Phi) is 5.16. The summed E-state index contributed by atoms with van der Waals surface area (Å²) < 4.78 is 10.7. The van der Waals surface area contributed by atoms with Crippen LogP contribution >= 0.6 is 0 Å². The Bertz CT molecular complexity index is 878. The Morgan fingerprint density at radius 1 is 0.963 bits per heavy atom. The third-order valence-electron chi connectivity index (χ3n) is 4.44. The van der Waals surface area contributed by atoms with Crippen LogP contribution in [0.5, 0.6) is 5.75 Å². The van der Waals surface area contributed by atoms with Gasteiger partial charge in [0.05, 0.1) is 20.3 Å². The molecular weight excluding hydrogens is 340 g/mol. The van der Waals surface area contributed by atoms with Crippen molar-refractivity contribution in [2.45, 2.75) is 0 Å². The summed E-state index contributed by atoms with van der Waals surface area (Å²) in [5, 5.41) is 3.38. The first kappa shape index (κ1) is 17.3. The Balaban J connectivity index is 1.68. The van der Waals surface area contributed by atoms with E-state index < -0.39 is 0 Å². The number of hydrogen-bond donors (Lipinski definition) is 1. The van der Waals surface area contributed by atoms with E-state index in [1.165, 1.54) is 0 Å². The molecule has 0 unspecified atom stereocenters. The van der Waals surface area contributed by atoms with Gasteiger partial charge in [-0.25, -0.2) is 9.97 Å². The van der Waals surface area contributed by atoms with Crippen LogP contribution < -0.4 is 15.0 Å². The van der Waals surface area contributed by atoms with Gasteiger partial charge >= 0.3 is 0 Å². The Morgan fingerprint density at radius 3 is 2.41 bits per heavy atom. The number of hydrogen-bond acceptors (Lipinski definition) is 6. The first-order chi connectivity index (χ1) is 13.3. The van der Waals surface area contributed by atoms with Crippen molar-refractivity contribution in [3.8, 4) is 17.1 Å². The molecule has 6 heteroatoms. The molecule has 6 nitrogen and oxygen atoms in total. The summed E-state index contributed by atoms with van der Waals surface area (Å²) in [5.74, 6) is 3.19. The molecule has 0 bridgehead atoms. The summed E-state index contributed by atoms with van der Waals surface area (Å²) >= 11 is 0. The third kappa shape index (κ3) is 4.17. The Labute approximate surface area is 158 Å². The van der Waals surface area contributed by atoms with E-state index >= 15 is 0 Å². The minimum atomic E-state index is 0.704. The third-order valence-corrected chi connectivity index (χ3v) is 4.44. The van der Waals surface area contributed by atoms with Gasteiger partial charge in [0, 0.05) is 30.4 Å². The molecule has 1 N–H and O–H groups in total. The van der Waals surface area contributed by atoms with Crippen molar-refractivity contribution in [1.29, 1.82) is 0 Å². The summed E-state index contributed by atoms with van der Waals surface area (Å²) in [7, 11) is 1.66. The van der Waals surface area contributed by atoms with Crippen molar-refractivity contribution in [2.75, 3.05) is 43.6 Å². The second-order valence-electron chi connectivity index (χ2n) is 6.25. The average Bonchev–Trinajstić information content (AvgIpc) is 2.75. The first-order valence-corrected chi connectivity index (χ1v) is 9.00. The lowest BCUT2D eigenvalue weighted by atomic mass is 10.2. The molecule has 27 heavy (non-hydrogen) atoms. The van der Waals surface area contributed by atoms with Gasteiger partial charge in [0.15, 0.2) is 5.82 Å². The zero-order valence-corrected chi connectivity index (χ0v) is 15.3. The average molecular weight is 362 g/mol. The SMILES string of the molecule is COc1ccc(Nc2cc(N3CCOCC3)nc(-c3ccccc3)n2)cc1. The fourth-order valence-corrected chi connectivity index (χ4v) is 2.99. The molecular formula is C21H22N4O2. The van der Waals surface area contributed by atoms with Gasteiger partial charge in [-0.1, -0.05) is 30.3 Å². The van der Waals surface area contributed by atoms with Crippen LogP contribution in [-0.4, -0.2) is 43.4 Å². The van der Waals surface area contributed by atoms with Crippen LogP contribution in [-0.2, 0) is 4.74 Å². The first-order valence-electron chi connectivity index (χ1n) is 9.00. The van der Waals surface area contributed by atoms with Gasteiger partial charge in [-0.2, -0.15) is 0 Å². The molecule has 2 heterocycles. The number of benzene rings is 2. The lowest BCUT2D eigenvalue weighted by Crippen LogP contribution is -2.36. The summed E-state index contributed by atoms with van der Waals surface area (Å²) in [6, 6.07) is 19.8. The standard InChI is InChI=1S/C21H22N4O2/c1-26-18-9-7-17(8-10-18)22-19-15-20(25-11-13-27-14-12-25)24-21(23-19)16-5-3-2-4-6-16/h2-10,15H,11-14H2,1H3,(H,22,23,24). The molecule has 0 spiro atoms. The van der Waals surface area contributed by atoms with Crippen LogP contribution in [0.15, 0.2) is 60.7 Å². The number of nitrogens with zero attached hydrogens (tertiary/aromatic N) is 3. The maximum atomic E-state index is 5.47. The fourth-order valence-electron chi connectivity index (χ4n) is 2.99. The summed E-state index contributed by atoms with van der Waals surface area (Å²) in [6.45, 7) is 3.08. The summed E-state index contributed by atoms with van der Waals surface area (Å²) in [4.78, 5) is 11.8. The van der Waals surface area contributed by atoms with E-state index in [2.05, 4.69) is 10.2 Å². The van der Waals surface area contributed by atoms with Crippen molar-refractivity contribution in [1.82, 2.24) is 9.97 Å². The predicted molar refractivity (Wildman–Crippen MR) is 107 cm³/mol. The molecule has 1 aliphatic heterocycles. The molecule has 1 fully saturated rings. The van der Waals surface area contributed by atoms with Crippen LogP contribution in [0.4, 0.5) is 17.3 Å². The molecule has 3 aromatic rings. The molecule has 138 valence electrons. The normalized spacial score (nSPS) is 14.0. The smallest absolute Gasteiger partial charge is 0.163 e. The molecule has 2 aromatic carbocycles. The van der Waals surface area contributed by atoms with Gasteiger partial charge in [-0.15, -0.1) is 0 Å². The lowest BCUT2D eigenvalue weighted by molar-refractivity contribution is 0.122. The minimum absolute atomic E-state index is 0.704. The van der Waals surface area contributed by atoms with Gasteiger partial charge in [0.25, 0.3) is 0 Å². The van der Waals surface area contributed by atoms with Crippen LogP contribution in [0, 0.1) is 0 Å². The Morgan fingerprint density at radius 2 is 1.70 bits per heavy atom. The Hall–Kier alpha value is -3.12. The number of morpholine rings is 1. The maximum Gasteiger partial charge on any atom is 0.163 e. The van der Waals surface area contributed by atoms with Crippen molar-refractivity contribution in [3.63, 3.8) is 0 Å². The molecule has 0 saturated carbocycles. The quantitative estimate of drug-likeness (QED) is 0.746. The van der Waals surface area contributed by atoms with Crippen molar-refractivity contribution < 1.29 is 9.47 Å². The number of methoxy groups -OCH3 is 1. The second kappa shape index (κ2) is 8.05. The van der Waals surface area contributed by atoms with Crippen molar-refractivity contribution >= 4 is 17.3 Å². The van der Waals surface area contributed by atoms with Crippen LogP contribution in [0.3, 0.4) is 0 Å². The molecule has 4 rings (SSSR count). The number of aromatic nitrogens is 2. The van der Waals surface area contributed by atoms with Crippen LogP contribution in [0.2, 0.25) is 0 Å². The predicted octanol–water partition coefficient (Wildman–Crippen LogP) is 3.73. The molecule has 0 atom stereocenters. The highest BCUT2D eigenvalue weighted by atomic mass is 16.5. The highest BCUT2D eigenvalue weighted by Gasteiger charge is 2.16. The van der Waals surface area contributed by atoms with Crippen LogP contribution in [0.1, 0.15) is 0 Å². The van der Waals surface area contributed by atoms with E-state index in [1.54, 1.807) is 7.11 Å². The maximum absolute atomic E-state index is 5.47. The van der Waals surface area contributed by atoms with Gasteiger partial charge in [-0.05, 0) is 24.3 Å². The zero-order chi connectivity index (χ0) is 18.5. The number of rotatable bonds is 5. The highest BCUT2D eigenvalue weighted by molar-refractivity contribution is 5.65. The largest absolute Gasteiger partial charge is 0.497 e. The lowest BCUT2D eigenvalue weighted by Gasteiger charge is -2.28. The van der Waals surface area contributed by atoms with Gasteiger partial charge in [0.2, 0.25) is 0 Å². The molecule has 0 radical (unpaired) electrons. The highest BCUT2D eigenvalue weighted by Crippen LogP contribution is 2.26. The van der Waals surface area contributed by atoms with Gasteiger partial charge < -0.3 is 19.7 Å². The van der Waals surface area contributed by atoms with E-state index in [-0.39, 0.29) is 0 Å².